The first-order chi connectivity index (χ1) is 12.2. The zero-order valence-electron chi connectivity index (χ0n) is 14.9. The van der Waals surface area contributed by atoms with Crippen LogP contribution in [-0.4, -0.2) is 49.8 Å². The SMILES string of the molecule is Cc1ccc2nc(CN3CCCC34CCCN(C3CC3)C4=O)cn2c1. The van der Waals surface area contributed by atoms with E-state index < -0.39 is 0 Å². The molecule has 0 bridgehead atoms. The van der Waals surface area contributed by atoms with Crippen LogP contribution in [0, 0.1) is 6.92 Å². The summed E-state index contributed by atoms with van der Waals surface area (Å²) in [6, 6.07) is 4.70. The number of piperidine rings is 1. The number of hydrogen-bond donors (Lipinski definition) is 0. The van der Waals surface area contributed by atoms with Crippen LogP contribution < -0.4 is 0 Å². The summed E-state index contributed by atoms with van der Waals surface area (Å²) in [7, 11) is 0. The van der Waals surface area contributed by atoms with E-state index in [1.807, 2.05) is 0 Å². The predicted octanol–water partition coefficient (Wildman–Crippen LogP) is 2.76. The number of aryl methyl sites for hydroxylation is 1. The molecule has 132 valence electrons. The summed E-state index contributed by atoms with van der Waals surface area (Å²) in [5.41, 5.74) is 3.04. The van der Waals surface area contributed by atoms with Crippen LogP contribution in [0.15, 0.2) is 24.5 Å². The molecule has 25 heavy (non-hydrogen) atoms. The molecule has 3 fully saturated rings. The van der Waals surface area contributed by atoms with Gasteiger partial charge in [-0.05, 0) is 63.6 Å². The first-order valence-corrected chi connectivity index (χ1v) is 9.66. The van der Waals surface area contributed by atoms with Crippen LogP contribution in [-0.2, 0) is 11.3 Å². The number of pyridine rings is 1. The van der Waals surface area contributed by atoms with Gasteiger partial charge in [0, 0.05) is 31.5 Å². The second kappa shape index (κ2) is 5.56. The molecule has 2 aliphatic heterocycles. The van der Waals surface area contributed by atoms with E-state index in [2.05, 4.69) is 45.7 Å². The van der Waals surface area contributed by atoms with Gasteiger partial charge < -0.3 is 9.30 Å². The summed E-state index contributed by atoms with van der Waals surface area (Å²) < 4.78 is 2.10. The fraction of sp³-hybridized carbons (Fsp3) is 0.600. The molecule has 2 saturated heterocycles. The molecule has 0 aromatic carbocycles. The molecule has 1 atom stereocenters. The normalized spacial score (nSPS) is 27.7. The summed E-state index contributed by atoms with van der Waals surface area (Å²) in [4.78, 5) is 22.7. The van der Waals surface area contributed by atoms with Gasteiger partial charge in [0.1, 0.15) is 11.2 Å². The molecule has 3 aliphatic rings. The van der Waals surface area contributed by atoms with E-state index in [1.54, 1.807) is 0 Å². The minimum Gasteiger partial charge on any atom is -0.338 e. The molecule has 1 saturated carbocycles. The van der Waals surface area contributed by atoms with Crippen LogP contribution in [0.5, 0.6) is 0 Å². The Morgan fingerprint density at radius 1 is 1.16 bits per heavy atom. The van der Waals surface area contributed by atoms with Gasteiger partial charge in [0.25, 0.3) is 0 Å². The van der Waals surface area contributed by atoms with E-state index in [9.17, 15) is 4.79 Å². The third kappa shape index (κ3) is 2.48. The Morgan fingerprint density at radius 3 is 2.76 bits per heavy atom. The van der Waals surface area contributed by atoms with E-state index in [1.165, 1.54) is 18.4 Å². The van der Waals surface area contributed by atoms with Gasteiger partial charge in [0.05, 0.1) is 5.69 Å². The van der Waals surface area contributed by atoms with Gasteiger partial charge in [-0.1, -0.05) is 6.07 Å². The van der Waals surface area contributed by atoms with Crippen molar-refractivity contribution in [3.05, 3.63) is 35.8 Å². The van der Waals surface area contributed by atoms with Gasteiger partial charge in [-0.25, -0.2) is 4.98 Å². The number of carbonyl (C=O) groups excluding carboxylic acids is 1. The Kier molecular flexibility index (Phi) is 3.42. The first-order valence-electron chi connectivity index (χ1n) is 9.66. The number of carbonyl (C=O) groups is 1. The minimum atomic E-state index is -0.257. The zero-order chi connectivity index (χ0) is 17.0. The maximum Gasteiger partial charge on any atom is 0.243 e. The average Bonchev–Trinajstić information content (AvgIpc) is 3.25. The highest BCUT2D eigenvalue weighted by atomic mass is 16.2. The Bertz CT molecular complexity index is 824. The third-order valence-electron chi connectivity index (χ3n) is 6.26. The van der Waals surface area contributed by atoms with E-state index in [0.29, 0.717) is 11.9 Å². The molecule has 5 heteroatoms. The van der Waals surface area contributed by atoms with Crippen molar-refractivity contribution in [3.8, 4) is 0 Å². The van der Waals surface area contributed by atoms with Crippen molar-refractivity contribution >= 4 is 11.6 Å². The van der Waals surface area contributed by atoms with E-state index in [0.717, 1.165) is 56.7 Å². The van der Waals surface area contributed by atoms with Gasteiger partial charge in [-0.2, -0.15) is 0 Å². The molecular weight excluding hydrogens is 312 g/mol. The van der Waals surface area contributed by atoms with Crippen molar-refractivity contribution in [2.45, 2.75) is 63.6 Å². The Morgan fingerprint density at radius 2 is 1.96 bits per heavy atom. The van der Waals surface area contributed by atoms with E-state index >= 15 is 0 Å². The molecule has 2 aromatic rings. The summed E-state index contributed by atoms with van der Waals surface area (Å²) in [6.45, 7) is 4.86. The van der Waals surface area contributed by atoms with Crippen molar-refractivity contribution in [1.29, 1.82) is 0 Å². The predicted molar refractivity (Wildman–Crippen MR) is 96.3 cm³/mol. The molecule has 4 heterocycles. The number of fused-ring (bicyclic) bond motifs is 1. The molecule has 2 aromatic heterocycles. The number of amides is 1. The third-order valence-corrected chi connectivity index (χ3v) is 6.26. The lowest BCUT2D eigenvalue weighted by Crippen LogP contribution is -2.60. The average molecular weight is 338 g/mol. The number of aromatic nitrogens is 2. The lowest BCUT2D eigenvalue weighted by atomic mass is 9.85. The van der Waals surface area contributed by atoms with Crippen molar-refractivity contribution in [2.75, 3.05) is 13.1 Å². The molecule has 0 radical (unpaired) electrons. The Labute approximate surface area is 148 Å². The van der Waals surface area contributed by atoms with Crippen molar-refractivity contribution in [3.63, 3.8) is 0 Å². The summed E-state index contributed by atoms with van der Waals surface area (Å²) in [5, 5.41) is 0. The van der Waals surface area contributed by atoms with Crippen molar-refractivity contribution < 1.29 is 4.79 Å². The maximum atomic E-state index is 13.3. The first kappa shape index (κ1) is 15.4. The molecule has 1 amide bonds. The van der Waals surface area contributed by atoms with Gasteiger partial charge in [-0.15, -0.1) is 0 Å². The zero-order valence-corrected chi connectivity index (χ0v) is 14.9. The number of hydrogen-bond acceptors (Lipinski definition) is 3. The molecular formula is C20H26N4O. The highest BCUT2D eigenvalue weighted by molar-refractivity contribution is 5.88. The van der Waals surface area contributed by atoms with Crippen LogP contribution >= 0.6 is 0 Å². The van der Waals surface area contributed by atoms with Gasteiger partial charge in [0.2, 0.25) is 5.91 Å². The van der Waals surface area contributed by atoms with Gasteiger partial charge >= 0.3 is 0 Å². The fourth-order valence-corrected chi connectivity index (χ4v) is 4.87. The van der Waals surface area contributed by atoms with Gasteiger partial charge in [0.15, 0.2) is 0 Å². The smallest absolute Gasteiger partial charge is 0.243 e. The topological polar surface area (TPSA) is 40.9 Å². The standard InChI is InChI=1S/C20H26N4O/c1-15-4-7-18-21-16(13-22(18)12-15)14-23-10-2-8-20(23)9-3-11-24(19(20)25)17-5-6-17/h4,7,12-13,17H,2-3,5-6,8-11,14H2,1H3. The highest BCUT2D eigenvalue weighted by Gasteiger charge is 2.53. The van der Waals surface area contributed by atoms with Crippen LogP contribution in [0.4, 0.5) is 0 Å². The Balaban J connectivity index is 1.42. The monoisotopic (exact) mass is 338 g/mol. The molecule has 1 unspecified atom stereocenters. The Hall–Kier alpha value is -1.88. The van der Waals surface area contributed by atoms with Gasteiger partial charge in [-0.3, -0.25) is 9.69 Å². The number of nitrogens with zero attached hydrogens (tertiary/aromatic N) is 4. The summed E-state index contributed by atoms with van der Waals surface area (Å²) in [5.74, 6) is 0.401. The lowest BCUT2D eigenvalue weighted by molar-refractivity contribution is -0.148. The number of likely N-dealkylation sites (tertiary alicyclic amines) is 2. The number of imidazole rings is 1. The second-order valence-electron chi connectivity index (χ2n) is 8.09. The van der Waals surface area contributed by atoms with Crippen molar-refractivity contribution in [2.24, 2.45) is 0 Å². The van der Waals surface area contributed by atoms with E-state index in [4.69, 9.17) is 4.98 Å². The lowest BCUT2D eigenvalue weighted by Gasteiger charge is -2.44. The molecule has 5 rings (SSSR count). The number of rotatable bonds is 3. The maximum absolute atomic E-state index is 13.3. The van der Waals surface area contributed by atoms with Crippen LogP contribution in [0.25, 0.3) is 5.65 Å². The molecule has 1 spiro atoms. The highest BCUT2D eigenvalue weighted by Crippen LogP contribution is 2.42. The molecule has 1 aliphatic carbocycles. The summed E-state index contributed by atoms with van der Waals surface area (Å²) in [6.07, 6.45) is 10.9. The minimum absolute atomic E-state index is 0.257. The summed E-state index contributed by atoms with van der Waals surface area (Å²) >= 11 is 0. The van der Waals surface area contributed by atoms with Crippen molar-refractivity contribution in [1.82, 2.24) is 19.2 Å². The van der Waals surface area contributed by atoms with Crippen LogP contribution in [0.1, 0.15) is 49.8 Å². The molecule has 5 nitrogen and oxygen atoms in total. The fourth-order valence-electron chi connectivity index (χ4n) is 4.87. The molecule has 0 N–H and O–H groups in total. The quantitative estimate of drug-likeness (QED) is 0.864. The van der Waals surface area contributed by atoms with Crippen LogP contribution in [0.3, 0.4) is 0 Å². The largest absolute Gasteiger partial charge is 0.338 e. The van der Waals surface area contributed by atoms with E-state index in [-0.39, 0.29) is 5.54 Å². The second-order valence-corrected chi connectivity index (χ2v) is 8.09. The van der Waals surface area contributed by atoms with Crippen LogP contribution in [0.2, 0.25) is 0 Å².